The summed E-state index contributed by atoms with van der Waals surface area (Å²) in [5.74, 6) is -1.16. The van der Waals surface area contributed by atoms with Crippen LogP contribution in [0.5, 0.6) is 0 Å². The number of hydrogen-bond donors (Lipinski definition) is 1. The highest BCUT2D eigenvalue weighted by atomic mass is 19.2. The van der Waals surface area contributed by atoms with E-state index in [2.05, 4.69) is 26.1 Å². The average molecular weight is 255 g/mol. The summed E-state index contributed by atoms with van der Waals surface area (Å²) in [6.07, 6.45) is 1.90. The highest BCUT2D eigenvalue weighted by Crippen LogP contribution is 2.28. The summed E-state index contributed by atoms with van der Waals surface area (Å²) in [7, 11) is 0. The van der Waals surface area contributed by atoms with E-state index in [0.717, 1.165) is 19.4 Å². The van der Waals surface area contributed by atoms with Crippen molar-refractivity contribution in [2.24, 2.45) is 5.92 Å². The second kappa shape index (κ2) is 6.83. The lowest BCUT2D eigenvalue weighted by Crippen LogP contribution is -2.28. The van der Waals surface area contributed by atoms with E-state index >= 15 is 0 Å². The first kappa shape index (κ1) is 15.1. The lowest BCUT2D eigenvalue weighted by Gasteiger charge is -2.25. The van der Waals surface area contributed by atoms with E-state index < -0.39 is 11.6 Å². The Hall–Kier alpha value is -0.960. The standard InChI is InChI=1S/C15H23F2N/c1-5-9-18-15(10(3)6-2)12-8-7-11(4)13(16)14(12)17/h7-8,10,15,18H,5-6,9H2,1-4H3. The third-order valence-electron chi connectivity index (χ3n) is 3.47. The molecule has 1 aromatic rings. The molecular formula is C15H23F2N. The van der Waals surface area contributed by atoms with E-state index in [-0.39, 0.29) is 12.0 Å². The van der Waals surface area contributed by atoms with E-state index in [1.807, 2.05) is 0 Å². The molecule has 0 saturated carbocycles. The Balaban J connectivity index is 3.08. The Morgan fingerprint density at radius 1 is 1.17 bits per heavy atom. The van der Waals surface area contributed by atoms with Crippen LogP contribution in [0.4, 0.5) is 8.78 Å². The fourth-order valence-corrected chi connectivity index (χ4v) is 2.05. The quantitative estimate of drug-likeness (QED) is 0.796. The van der Waals surface area contributed by atoms with Gasteiger partial charge in [0, 0.05) is 11.6 Å². The molecule has 0 heterocycles. The minimum atomic E-state index is -0.723. The molecule has 0 bridgehead atoms. The highest BCUT2D eigenvalue weighted by Gasteiger charge is 2.23. The zero-order valence-electron chi connectivity index (χ0n) is 11.7. The molecule has 102 valence electrons. The third-order valence-corrected chi connectivity index (χ3v) is 3.47. The van der Waals surface area contributed by atoms with Crippen molar-refractivity contribution in [3.05, 3.63) is 34.9 Å². The number of nitrogens with one attached hydrogen (secondary N) is 1. The summed E-state index contributed by atoms with van der Waals surface area (Å²) in [6.45, 7) is 8.58. The van der Waals surface area contributed by atoms with Gasteiger partial charge in [-0.1, -0.05) is 39.3 Å². The van der Waals surface area contributed by atoms with E-state index in [1.54, 1.807) is 19.1 Å². The first-order valence-electron chi connectivity index (χ1n) is 6.70. The Morgan fingerprint density at radius 2 is 1.83 bits per heavy atom. The van der Waals surface area contributed by atoms with Gasteiger partial charge in [0.25, 0.3) is 0 Å². The van der Waals surface area contributed by atoms with Crippen LogP contribution in [0.3, 0.4) is 0 Å². The third kappa shape index (κ3) is 3.29. The molecular weight excluding hydrogens is 232 g/mol. The Labute approximate surface area is 109 Å². The van der Waals surface area contributed by atoms with Gasteiger partial charge in [-0.05, 0) is 31.4 Å². The highest BCUT2D eigenvalue weighted by molar-refractivity contribution is 5.28. The van der Waals surface area contributed by atoms with Crippen LogP contribution in [0.15, 0.2) is 12.1 Å². The Kier molecular flexibility index (Phi) is 5.73. The number of rotatable bonds is 6. The SMILES string of the molecule is CCCNC(c1ccc(C)c(F)c1F)C(C)CC. The van der Waals surface area contributed by atoms with Crippen LogP contribution < -0.4 is 5.32 Å². The molecule has 1 N–H and O–H groups in total. The average Bonchev–Trinajstić information content (AvgIpc) is 2.38. The van der Waals surface area contributed by atoms with Gasteiger partial charge in [0.15, 0.2) is 11.6 Å². The maximum absolute atomic E-state index is 14.0. The summed E-state index contributed by atoms with van der Waals surface area (Å²) >= 11 is 0. The van der Waals surface area contributed by atoms with E-state index in [1.165, 1.54) is 0 Å². The second-order valence-corrected chi connectivity index (χ2v) is 4.92. The summed E-state index contributed by atoms with van der Waals surface area (Å²) in [5.41, 5.74) is 0.801. The van der Waals surface area contributed by atoms with Crippen LogP contribution in [0.2, 0.25) is 0 Å². The van der Waals surface area contributed by atoms with Crippen LogP contribution >= 0.6 is 0 Å². The van der Waals surface area contributed by atoms with E-state index in [4.69, 9.17) is 0 Å². The molecule has 0 aliphatic carbocycles. The van der Waals surface area contributed by atoms with Crippen molar-refractivity contribution in [2.75, 3.05) is 6.54 Å². The van der Waals surface area contributed by atoms with Crippen molar-refractivity contribution in [3.63, 3.8) is 0 Å². The van der Waals surface area contributed by atoms with Crippen LogP contribution in [-0.2, 0) is 0 Å². The molecule has 0 aliphatic heterocycles. The molecule has 0 amide bonds. The molecule has 0 aliphatic rings. The maximum atomic E-state index is 14.0. The predicted octanol–water partition coefficient (Wildman–Crippen LogP) is 4.36. The molecule has 0 fully saturated rings. The zero-order valence-corrected chi connectivity index (χ0v) is 11.7. The van der Waals surface area contributed by atoms with Gasteiger partial charge in [0.2, 0.25) is 0 Å². The summed E-state index contributed by atoms with van der Waals surface area (Å²) in [6, 6.07) is 3.23. The van der Waals surface area contributed by atoms with Crippen LogP contribution in [0.25, 0.3) is 0 Å². The fourth-order valence-electron chi connectivity index (χ4n) is 2.05. The molecule has 0 radical (unpaired) electrons. The van der Waals surface area contributed by atoms with Gasteiger partial charge < -0.3 is 5.32 Å². The van der Waals surface area contributed by atoms with Crippen molar-refractivity contribution >= 4 is 0 Å². The van der Waals surface area contributed by atoms with Gasteiger partial charge >= 0.3 is 0 Å². The monoisotopic (exact) mass is 255 g/mol. The number of aryl methyl sites for hydroxylation is 1. The molecule has 0 aromatic heterocycles. The molecule has 1 nitrogen and oxygen atoms in total. The molecule has 2 unspecified atom stereocenters. The van der Waals surface area contributed by atoms with Gasteiger partial charge in [0.1, 0.15) is 0 Å². The summed E-state index contributed by atoms with van der Waals surface area (Å²) in [4.78, 5) is 0. The van der Waals surface area contributed by atoms with Gasteiger partial charge in [-0.3, -0.25) is 0 Å². The lowest BCUT2D eigenvalue weighted by molar-refractivity contribution is 0.359. The Morgan fingerprint density at radius 3 is 2.39 bits per heavy atom. The molecule has 2 atom stereocenters. The van der Waals surface area contributed by atoms with Gasteiger partial charge in [-0.15, -0.1) is 0 Å². The smallest absolute Gasteiger partial charge is 0.163 e. The van der Waals surface area contributed by atoms with Crippen molar-refractivity contribution in [2.45, 2.75) is 46.6 Å². The molecule has 3 heteroatoms. The second-order valence-electron chi connectivity index (χ2n) is 4.92. The van der Waals surface area contributed by atoms with Crippen LogP contribution in [0.1, 0.15) is 50.8 Å². The number of benzene rings is 1. The molecule has 1 aromatic carbocycles. The molecule has 0 saturated heterocycles. The first-order valence-corrected chi connectivity index (χ1v) is 6.70. The molecule has 18 heavy (non-hydrogen) atoms. The summed E-state index contributed by atoms with van der Waals surface area (Å²) < 4.78 is 27.7. The predicted molar refractivity (Wildman–Crippen MR) is 71.6 cm³/mol. The Bertz CT molecular complexity index is 390. The first-order chi connectivity index (χ1) is 8.52. The fraction of sp³-hybridized carbons (Fsp3) is 0.600. The van der Waals surface area contributed by atoms with Crippen LogP contribution in [0, 0.1) is 24.5 Å². The van der Waals surface area contributed by atoms with Crippen molar-refractivity contribution < 1.29 is 8.78 Å². The topological polar surface area (TPSA) is 12.0 Å². The zero-order chi connectivity index (χ0) is 13.7. The molecule has 1 rings (SSSR count). The number of halogens is 2. The lowest BCUT2D eigenvalue weighted by atomic mass is 9.91. The van der Waals surface area contributed by atoms with Gasteiger partial charge in [0.05, 0.1) is 0 Å². The number of hydrogen-bond acceptors (Lipinski definition) is 1. The van der Waals surface area contributed by atoms with Crippen LogP contribution in [-0.4, -0.2) is 6.54 Å². The van der Waals surface area contributed by atoms with Gasteiger partial charge in [-0.25, -0.2) is 8.78 Å². The van der Waals surface area contributed by atoms with Crippen molar-refractivity contribution in [1.82, 2.24) is 5.32 Å². The maximum Gasteiger partial charge on any atom is 0.163 e. The van der Waals surface area contributed by atoms with Crippen molar-refractivity contribution in [1.29, 1.82) is 0 Å². The largest absolute Gasteiger partial charge is 0.310 e. The summed E-state index contributed by atoms with van der Waals surface area (Å²) in [5, 5.41) is 3.32. The van der Waals surface area contributed by atoms with Gasteiger partial charge in [-0.2, -0.15) is 0 Å². The minimum Gasteiger partial charge on any atom is -0.310 e. The van der Waals surface area contributed by atoms with E-state index in [9.17, 15) is 8.78 Å². The van der Waals surface area contributed by atoms with Crippen molar-refractivity contribution in [3.8, 4) is 0 Å². The molecule has 0 spiro atoms. The minimum absolute atomic E-state index is 0.120. The van der Waals surface area contributed by atoms with E-state index in [0.29, 0.717) is 11.1 Å². The normalized spacial score (nSPS) is 14.6.